The van der Waals surface area contributed by atoms with Gasteiger partial charge in [0.2, 0.25) is 5.76 Å². The van der Waals surface area contributed by atoms with Crippen molar-refractivity contribution in [1.29, 1.82) is 0 Å². The third-order valence-electron chi connectivity index (χ3n) is 2.46. The zero-order valence-corrected chi connectivity index (χ0v) is 10.9. The first-order chi connectivity index (χ1) is 9.83. The molecule has 1 amide bonds. The average molecular weight is 300 g/mol. The summed E-state index contributed by atoms with van der Waals surface area (Å²) in [7, 11) is 0. The number of aryl methyl sites for hydroxylation is 1. The van der Waals surface area contributed by atoms with Crippen molar-refractivity contribution in [2.75, 3.05) is 0 Å². The van der Waals surface area contributed by atoms with E-state index in [1.807, 2.05) is 0 Å². The maximum Gasteiger partial charge on any atom is 0.573 e. The van der Waals surface area contributed by atoms with Crippen molar-refractivity contribution in [3.05, 3.63) is 47.3 Å². The summed E-state index contributed by atoms with van der Waals surface area (Å²) < 4.78 is 44.5. The number of nitrogens with one attached hydrogen (secondary N) is 1. The number of amides is 1. The van der Waals surface area contributed by atoms with Gasteiger partial charge in [-0.05, 0) is 24.6 Å². The van der Waals surface area contributed by atoms with Gasteiger partial charge in [0, 0.05) is 12.6 Å². The summed E-state index contributed by atoms with van der Waals surface area (Å²) in [5.41, 5.74) is 1.20. The fourth-order valence-electron chi connectivity index (χ4n) is 1.55. The molecule has 0 aliphatic rings. The third-order valence-corrected chi connectivity index (χ3v) is 2.46. The molecule has 0 spiro atoms. The van der Waals surface area contributed by atoms with Crippen molar-refractivity contribution < 1.29 is 27.2 Å². The van der Waals surface area contributed by atoms with Crippen molar-refractivity contribution in [3.63, 3.8) is 0 Å². The predicted octanol–water partition coefficient (Wildman–Crippen LogP) is 2.81. The Labute approximate surface area is 117 Å². The van der Waals surface area contributed by atoms with Gasteiger partial charge in [-0.2, -0.15) is 0 Å². The minimum Gasteiger partial charge on any atom is -0.406 e. The highest BCUT2D eigenvalue weighted by atomic mass is 19.4. The quantitative estimate of drug-likeness (QED) is 0.943. The van der Waals surface area contributed by atoms with Gasteiger partial charge in [-0.15, -0.1) is 13.2 Å². The van der Waals surface area contributed by atoms with Crippen LogP contribution in [-0.4, -0.2) is 17.4 Å². The van der Waals surface area contributed by atoms with Crippen LogP contribution in [0.3, 0.4) is 0 Å². The van der Waals surface area contributed by atoms with Gasteiger partial charge in [-0.3, -0.25) is 4.79 Å². The topological polar surface area (TPSA) is 64.4 Å². The highest BCUT2D eigenvalue weighted by molar-refractivity contribution is 5.91. The molecule has 1 N–H and O–H groups in total. The molecule has 1 aromatic carbocycles. The molecule has 0 unspecified atom stereocenters. The number of halogens is 3. The Morgan fingerprint density at radius 1 is 1.33 bits per heavy atom. The molecule has 1 heterocycles. The summed E-state index contributed by atoms with van der Waals surface area (Å²) >= 11 is 0. The van der Waals surface area contributed by atoms with E-state index in [0.29, 0.717) is 11.3 Å². The summed E-state index contributed by atoms with van der Waals surface area (Å²) in [6.07, 6.45) is -4.72. The molecule has 2 rings (SSSR count). The summed E-state index contributed by atoms with van der Waals surface area (Å²) in [5.74, 6) is -0.695. The van der Waals surface area contributed by atoms with Crippen molar-refractivity contribution in [3.8, 4) is 5.75 Å². The van der Waals surface area contributed by atoms with Crippen molar-refractivity contribution in [1.82, 2.24) is 10.5 Å². The molecule has 5 nitrogen and oxygen atoms in total. The maximum absolute atomic E-state index is 12.0. The lowest BCUT2D eigenvalue weighted by Gasteiger charge is -2.09. The molecule has 0 saturated heterocycles. The monoisotopic (exact) mass is 300 g/mol. The van der Waals surface area contributed by atoms with Crippen LogP contribution in [0.4, 0.5) is 13.2 Å². The maximum atomic E-state index is 12.0. The van der Waals surface area contributed by atoms with Crippen LogP contribution in [0.15, 0.2) is 34.9 Å². The first-order valence-electron chi connectivity index (χ1n) is 5.90. The van der Waals surface area contributed by atoms with E-state index in [1.165, 1.54) is 30.3 Å². The summed E-state index contributed by atoms with van der Waals surface area (Å²) in [6, 6.07) is 6.68. The number of carbonyl (C=O) groups excluding carboxylic acids is 1. The highest BCUT2D eigenvalue weighted by Crippen LogP contribution is 2.22. The van der Waals surface area contributed by atoms with Gasteiger partial charge in [0.05, 0.1) is 5.69 Å². The number of hydrogen-bond acceptors (Lipinski definition) is 4. The largest absolute Gasteiger partial charge is 0.573 e. The van der Waals surface area contributed by atoms with Crippen LogP contribution in [0.2, 0.25) is 0 Å². The molecule has 8 heteroatoms. The van der Waals surface area contributed by atoms with Crippen LogP contribution in [0.1, 0.15) is 21.8 Å². The Balaban J connectivity index is 1.90. The summed E-state index contributed by atoms with van der Waals surface area (Å²) in [5, 5.41) is 6.14. The van der Waals surface area contributed by atoms with E-state index in [4.69, 9.17) is 4.52 Å². The van der Waals surface area contributed by atoms with Gasteiger partial charge in [-0.1, -0.05) is 17.3 Å². The fourth-order valence-corrected chi connectivity index (χ4v) is 1.55. The van der Waals surface area contributed by atoms with Crippen LogP contribution in [0, 0.1) is 6.92 Å². The molecule has 0 saturated carbocycles. The zero-order valence-electron chi connectivity index (χ0n) is 10.9. The minimum absolute atomic E-state index is 0.0736. The summed E-state index contributed by atoms with van der Waals surface area (Å²) in [6.45, 7) is 1.82. The lowest BCUT2D eigenvalue weighted by molar-refractivity contribution is -0.274. The first-order valence-corrected chi connectivity index (χ1v) is 5.90. The van der Waals surface area contributed by atoms with E-state index in [0.717, 1.165) is 0 Å². The minimum atomic E-state index is -4.72. The SMILES string of the molecule is Cc1cc(C(=O)NCc2ccc(OC(F)(F)F)cc2)on1. The number of benzene rings is 1. The normalized spacial score (nSPS) is 11.2. The number of carbonyl (C=O) groups is 1. The van der Waals surface area contributed by atoms with E-state index in [2.05, 4.69) is 15.2 Å². The number of hydrogen-bond donors (Lipinski definition) is 1. The number of alkyl halides is 3. The second kappa shape index (κ2) is 5.86. The van der Waals surface area contributed by atoms with E-state index >= 15 is 0 Å². The van der Waals surface area contributed by atoms with E-state index in [1.54, 1.807) is 6.92 Å². The molecule has 0 radical (unpaired) electrons. The summed E-state index contributed by atoms with van der Waals surface area (Å²) in [4.78, 5) is 11.7. The number of ether oxygens (including phenoxy) is 1. The van der Waals surface area contributed by atoms with Crippen LogP contribution >= 0.6 is 0 Å². The van der Waals surface area contributed by atoms with Gasteiger partial charge in [0.1, 0.15) is 5.75 Å². The molecule has 21 heavy (non-hydrogen) atoms. The molecular formula is C13H11F3N2O3. The van der Waals surface area contributed by atoms with Crippen molar-refractivity contribution >= 4 is 5.91 Å². The zero-order chi connectivity index (χ0) is 15.5. The molecule has 0 aliphatic carbocycles. The molecule has 112 valence electrons. The third kappa shape index (κ3) is 4.51. The Morgan fingerprint density at radius 2 is 2.00 bits per heavy atom. The van der Waals surface area contributed by atoms with E-state index in [-0.39, 0.29) is 18.1 Å². The Bertz CT molecular complexity index is 620. The number of nitrogens with zero attached hydrogens (tertiary/aromatic N) is 1. The van der Waals surface area contributed by atoms with Gasteiger partial charge in [0.25, 0.3) is 5.91 Å². The lowest BCUT2D eigenvalue weighted by atomic mass is 10.2. The van der Waals surface area contributed by atoms with E-state index in [9.17, 15) is 18.0 Å². The van der Waals surface area contributed by atoms with Crippen LogP contribution in [0.25, 0.3) is 0 Å². The Kier molecular flexibility index (Phi) is 4.15. The first kappa shape index (κ1) is 14.9. The standard InChI is InChI=1S/C13H11F3N2O3/c1-8-6-11(21-18-8)12(19)17-7-9-2-4-10(5-3-9)20-13(14,15)16/h2-6H,7H2,1H3,(H,17,19). The highest BCUT2D eigenvalue weighted by Gasteiger charge is 2.30. The van der Waals surface area contributed by atoms with Crippen LogP contribution in [0.5, 0.6) is 5.75 Å². The van der Waals surface area contributed by atoms with Crippen LogP contribution in [-0.2, 0) is 6.54 Å². The molecule has 0 bridgehead atoms. The van der Waals surface area contributed by atoms with Crippen molar-refractivity contribution in [2.45, 2.75) is 19.8 Å². The molecule has 0 atom stereocenters. The molecule has 2 aromatic rings. The molecular weight excluding hydrogens is 289 g/mol. The second-order valence-electron chi connectivity index (χ2n) is 4.21. The van der Waals surface area contributed by atoms with E-state index < -0.39 is 12.3 Å². The van der Waals surface area contributed by atoms with Gasteiger partial charge < -0.3 is 14.6 Å². The van der Waals surface area contributed by atoms with Gasteiger partial charge in [-0.25, -0.2) is 0 Å². The lowest BCUT2D eigenvalue weighted by Crippen LogP contribution is -2.22. The Morgan fingerprint density at radius 3 is 2.52 bits per heavy atom. The molecule has 0 aliphatic heterocycles. The molecule has 1 aromatic heterocycles. The van der Waals surface area contributed by atoms with Gasteiger partial charge in [0.15, 0.2) is 0 Å². The second-order valence-corrected chi connectivity index (χ2v) is 4.21. The molecule has 0 fully saturated rings. The average Bonchev–Trinajstić information content (AvgIpc) is 2.82. The number of rotatable bonds is 4. The fraction of sp³-hybridized carbons (Fsp3) is 0.231. The Hall–Kier alpha value is -2.51. The van der Waals surface area contributed by atoms with Crippen LogP contribution < -0.4 is 10.1 Å². The van der Waals surface area contributed by atoms with Crippen molar-refractivity contribution in [2.24, 2.45) is 0 Å². The van der Waals surface area contributed by atoms with Gasteiger partial charge >= 0.3 is 6.36 Å². The number of aromatic nitrogens is 1. The smallest absolute Gasteiger partial charge is 0.406 e. The predicted molar refractivity (Wildman–Crippen MR) is 65.5 cm³/mol.